The van der Waals surface area contributed by atoms with Crippen LogP contribution < -0.4 is 10.1 Å². The fourth-order valence-electron chi connectivity index (χ4n) is 0.889. The number of hydrogen-bond donors (Lipinski definition) is 2. The first kappa shape index (κ1) is 11.2. The van der Waals surface area contributed by atoms with Crippen molar-refractivity contribution in [1.82, 2.24) is 9.97 Å². The molecule has 15 heavy (non-hydrogen) atoms. The summed E-state index contributed by atoms with van der Waals surface area (Å²) in [4.78, 5) is 18.1. The standard InChI is InChI=1S/C9H13N3O3/c1-6(2)15-7-3-4-10-9(12-7)11-5-8(13)14/h3-4,6H,5H2,1-2H3,(H,13,14)(H,10,11,12). The van der Waals surface area contributed by atoms with E-state index in [1.165, 1.54) is 6.20 Å². The fourth-order valence-corrected chi connectivity index (χ4v) is 0.889. The minimum absolute atomic E-state index is 0.0206. The summed E-state index contributed by atoms with van der Waals surface area (Å²) in [5.74, 6) is -0.294. The molecule has 82 valence electrons. The van der Waals surface area contributed by atoms with Crippen molar-refractivity contribution in [2.75, 3.05) is 11.9 Å². The topological polar surface area (TPSA) is 84.3 Å². The third-order valence-corrected chi connectivity index (χ3v) is 1.38. The van der Waals surface area contributed by atoms with Crippen LogP contribution >= 0.6 is 0 Å². The average molecular weight is 211 g/mol. The highest BCUT2D eigenvalue weighted by molar-refractivity contribution is 5.71. The first-order valence-corrected chi connectivity index (χ1v) is 4.53. The second-order valence-electron chi connectivity index (χ2n) is 3.13. The highest BCUT2D eigenvalue weighted by Gasteiger charge is 2.03. The number of ether oxygens (including phenoxy) is 1. The molecule has 0 unspecified atom stereocenters. The number of anilines is 1. The number of carboxylic acids is 1. The number of carbonyl (C=O) groups is 1. The molecule has 0 aromatic carbocycles. The number of rotatable bonds is 5. The first-order valence-electron chi connectivity index (χ1n) is 4.53. The third kappa shape index (κ3) is 4.26. The lowest BCUT2D eigenvalue weighted by Crippen LogP contribution is -2.15. The maximum absolute atomic E-state index is 10.3. The summed E-state index contributed by atoms with van der Waals surface area (Å²) in [5.41, 5.74) is 0. The molecule has 6 heteroatoms. The third-order valence-electron chi connectivity index (χ3n) is 1.38. The molecule has 0 fully saturated rings. The highest BCUT2D eigenvalue weighted by atomic mass is 16.5. The normalized spacial score (nSPS) is 10.1. The summed E-state index contributed by atoms with van der Waals surface area (Å²) in [6.45, 7) is 3.55. The summed E-state index contributed by atoms with van der Waals surface area (Å²) < 4.78 is 5.32. The monoisotopic (exact) mass is 211 g/mol. The maximum atomic E-state index is 10.3. The van der Waals surface area contributed by atoms with Crippen molar-refractivity contribution in [3.05, 3.63) is 12.3 Å². The van der Waals surface area contributed by atoms with Crippen LogP contribution in [-0.2, 0) is 4.79 Å². The molecule has 0 radical (unpaired) electrons. The minimum Gasteiger partial charge on any atom is -0.480 e. The van der Waals surface area contributed by atoms with Gasteiger partial charge in [-0.3, -0.25) is 4.79 Å². The number of aliphatic carboxylic acids is 1. The van der Waals surface area contributed by atoms with Gasteiger partial charge in [0.25, 0.3) is 0 Å². The summed E-state index contributed by atoms with van der Waals surface area (Å²) in [6.07, 6.45) is 1.53. The fraction of sp³-hybridized carbons (Fsp3) is 0.444. The molecule has 0 aliphatic carbocycles. The smallest absolute Gasteiger partial charge is 0.322 e. The molecule has 0 amide bonds. The van der Waals surface area contributed by atoms with Crippen LogP contribution in [0, 0.1) is 0 Å². The Bertz CT molecular complexity index is 341. The Morgan fingerprint density at radius 1 is 1.67 bits per heavy atom. The lowest BCUT2D eigenvalue weighted by Gasteiger charge is -2.09. The molecule has 0 saturated heterocycles. The largest absolute Gasteiger partial charge is 0.480 e. The van der Waals surface area contributed by atoms with E-state index in [-0.39, 0.29) is 18.6 Å². The van der Waals surface area contributed by atoms with E-state index >= 15 is 0 Å². The van der Waals surface area contributed by atoms with Crippen molar-refractivity contribution in [2.45, 2.75) is 20.0 Å². The quantitative estimate of drug-likeness (QED) is 0.748. The molecule has 0 aliphatic heterocycles. The van der Waals surface area contributed by atoms with Crippen molar-refractivity contribution in [3.63, 3.8) is 0 Å². The van der Waals surface area contributed by atoms with Gasteiger partial charge in [0.1, 0.15) is 6.54 Å². The molecule has 6 nitrogen and oxygen atoms in total. The Morgan fingerprint density at radius 3 is 3.00 bits per heavy atom. The van der Waals surface area contributed by atoms with Gasteiger partial charge in [-0.1, -0.05) is 0 Å². The molecule has 1 aromatic rings. The Kier molecular flexibility index (Phi) is 3.84. The van der Waals surface area contributed by atoms with Crippen LogP contribution in [0.5, 0.6) is 5.88 Å². The predicted molar refractivity (Wildman–Crippen MR) is 53.9 cm³/mol. The van der Waals surface area contributed by atoms with E-state index < -0.39 is 5.97 Å². The lowest BCUT2D eigenvalue weighted by atomic mass is 10.5. The van der Waals surface area contributed by atoms with Crippen LogP contribution in [0.15, 0.2) is 12.3 Å². The first-order chi connectivity index (χ1) is 7.08. The Morgan fingerprint density at radius 2 is 2.40 bits per heavy atom. The van der Waals surface area contributed by atoms with Crippen LogP contribution in [0.1, 0.15) is 13.8 Å². The zero-order valence-corrected chi connectivity index (χ0v) is 8.60. The number of hydrogen-bond acceptors (Lipinski definition) is 5. The zero-order chi connectivity index (χ0) is 11.3. The van der Waals surface area contributed by atoms with Gasteiger partial charge in [0.05, 0.1) is 6.10 Å². The number of nitrogens with one attached hydrogen (secondary N) is 1. The molecule has 0 aliphatic rings. The molecule has 0 saturated carbocycles. The van der Waals surface area contributed by atoms with Crippen LogP contribution in [0.3, 0.4) is 0 Å². The molecule has 0 spiro atoms. The molecule has 1 rings (SSSR count). The van der Waals surface area contributed by atoms with Gasteiger partial charge in [0.15, 0.2) is 0 Å². The maximum Gasteiger partial charge on any atom is 0.322 e. The summed E-state index contributed by atoms with van der Waals surface area (Å²) in [5, 5.41) is 11.0. The van der Waals surface area contributed by atoms with Gasteiger partial charge in [-0.15, -0.1) is 0 Å². The molecule has 1 heterocycles. The van der Waals surface area contributed by atoms with E-state index in [1.54, 1.807) is 6.07 Å². The lowest BCUT2D eigenvalue weighted by molar-refractivity contribution is -0.134. The highest BCUT2D eigenvalue weighted by Crippen LogP contribution is 2.09. The van der Waals surface area contributed by atoms with Gasteiger partial charge >= 0.3 is 5.97 Å². The predicted octanol–water partition coefficient (Wildman–Crippen LogP) is 0.760. The van der Waals surface area contributed by atoms with E-state index in [2.05, 4.69) is 15.3 Å². The van der Waals surface area contributed by atoms with Gasteiger partial charge in [0.2, 0.25) is 11.8 Å². The van der Waals surface area contributed by atoms with Gasteiger partial charge in [-0.25, -0.2) is 4.98 Å². The van der Waals surface area contributed by atoms with E-state index in [0.29, 0.717) is 5.88 Å². The van der Waals surface area contributed by atoms with E-state index in [0.717, 1.165) is 0 Å². The van der Waals surface area contributed by atoms with Gasteiger partial charge < -0.3 is 15.2 Å². The van der Waals surface area contributed by atoms with Crippen molar-refractivity contribution >= 4 is 11.9 Å². The summed E-state index contributed by atoms with van der Waals surface area (Å²) in [6, 6.07) is 1.62. The molecular weight excluding hydrogens is 198 g/mol. The Labute approximate surface area is 87.3 Å². The van der Waals surface area contributed by atoms with E-state index in [1.807, 2.05) is 13.8 Å². The minimum atomic E-state index is -0.964. The Hall–Kier alpha value is -1.85. The van der Waals surface area contributed by atoms with Gasteiger partial charge in [-0.05, 0) is 13.8 Å². The number of aromatic nitrogens is 2. The number of nitrogens with zero attached hydrogens (tertiary/aromatic N) is 2. The molecule has 2 N–H and O–H groups in total. The zero-order valence-electron chi connectivity index (χ0n) is 8.60. The van der Waals surface area contributed by atoms with Gasteiger partial charge in [0, 0.05) is 12.3 Å². The molecule has 0 atom stereocenters. The average Bonchev–Trinajstić information content (AvgIpc) is 2.14. The van der Waals surface area contributed by atoms with Crippen molar-refractivity contribution < 1.29 is 14.6 Å². The van der Waals surface area contributed by atoms with Crippen LogP contribution in [0.4, 0.5) is 5.95 Å². The summed E-state index contributed by atoms with van der Waals surface area (Å²) >= 11 is 0. The second-order valence-corrected chi connectivity index (χ2v) is 3.13. The number of carboxylic acid groups (broad SMARTS) is 1. The van der Waals surface area contributed by atoms with Crippen molar-refractivity contribution in [1.29, 1.82) is 0 Å². The van der Waals surface area contributed by atoms with E-state index in [9.17, 15) is 4.79 Å². The van der Waals surface area contributed by atoms with Crippen molar-refractivity contribution in [2.24, 2.45) is 0 Å². The Balaban J connectivity index is 2.61. The van der Waals surface area contributed by atoms with Gasteiger partial charge in [-0.2, -0.15) is 4.98 Å². The van der Waals surface area contributed by atoms with Crippen LogP contribution in [-0.4, -0.2) is 33.7 Å². The van der Waals surface area contributed by atoms with E-state index in [4.69, 9.17) is 9.84 Å². The SMILES string of the molecule is CC(C)Oc1ccnc(NCC(=O)O)n1. The summed E-state index contributed by atoms with van der Waals surface area (Å²) in [7, 11) is 0. The second kappa shape index (κ2) is 5.14. The molecule has 1 aromatic heterocycles. The van der Waals surface area contributed by atoms with Crippen molar-refractivity contribution in [3.8, 4) is 5.88 Å². The van der Waals surface area contributed by atoms with Crippen LogP contribution in [0.25, 0.3) is 0 Å². The van der Waals surface area contributed by atoms with Crippen LogP contribution in [0.2, 0.25) is 0 Å². The molecule has 0 bridgehead atoms. The molecular formula is C9H13N3O3.